The summed E-state index contributed by atoms with van der Waals surface area (Å²) in [4.78, 5) is 25.4. The van der Waals surface area contributed by atoms with Crippen molar-refractivity contribution in [1.29, 1.82) is 0 Å². The Bertz CT molecular complexity index is 1080. The highest BCUT2D eigenvalue weighted by molar-refractivity contribution is 7.45. The van der Waals surface area contributed by atoms with E-state index in [1.54, 1.807) is 6.08 Å². The molecule has 0 radical (unpaired) electrons. The average Bonchev–Trinajstić information content (AvgIpc) is 3.24. The predicted octanol–water partition coefficient (Wildman–Crippen LogP) is 15.4. The Kier molecular flexibility index (Phi) is 45.4. The molecule has 0 rings (SSSR count). The maximum absolute atomic E-state index is 12.9. The minimum absolute atomic E-state index is 0.00395. The normalized spacial score (nSPS) is 14.2. The Labute approximate surface area is 392 Å². The van der Waals surface area contributed by atoms with Crippen molar-refractivity contribution in [3.63, 3.8) is 0 Å². The minimum Gasteiger partial charge on any atom is -0.756 e. The van der Waals surface area contributed by atoms with Crippen molar-refractivity contribution in [1.82, 2.24) is 5.32 Å². The molecule has 0 aromatic carbocycles. The van der Waals surface area contributed by atoms with Crippen LogP contribution in [0.1, 0.15) is 264 Å². The van der Waals surface area contributed by atoms with Crippen LogP contribution >= 0.6 is 7.82 Å². The molecule has 8 nitrogen and oxygen atoms in total. The number of phosphoric acid groups is 1. The zero-order valence-corrected chi connectivity index (χ0v) is 43.4. The van der Waals surface area contributed by atoms with E-state index in [4.69, 9.17) is 9.05 Å². The van der Waals surface area contributed by atoms with Gasteiger partial charge in [0.1, 0.15) is 13.2 Å². The summed E-state index contributed by atoms with van der Waals surface area (Å²) in [6.45, 7) is 4.65. The number of nitrogens with one attached hydrogen (secondary N) is 1. The fourth-order valence-electron chi connectivity index (χ4n) is 8.11. The molecule has 1 amide bonds. The average molecular weight is 911 g/mol. The van der Waals surface area contributed by atoms with Crippen molar-refractivity contribution >= 4 is 13.7 Å². The number of quaternary nitrogens is 1. The second-order valence-corrected chi connectivity index (χ2v) is 21.3. The van der Waals surface area contributed by atoms with Gasteiger partial charge in [0, 0.05) is 6.42 Å². The molecule has 0 bridgehead atoms. The molecular weight excluding hydrogens is 804 g/mol. The summed E-state index contributed by atoms with van der Waals surface area (Å²) in [5.74, 6) is -0.202. The number of carbonyl (C=O) groups is 1. The van der Waals surface area contributed by atoms with Crippen molar-refractivity contribution in [3.8, 4) is 0 Å². The molecule has 3 atom stereocenters. The van der Waals surface area contributed by atoms with E-state index in [0.29, 0.717) is 17.4 Å². The third-order valence-corrected chi connectivity index (χ3v) is 13.4. The fraction of sp³-hybridized carbons (Fsp3) is 0.907. The number of hydrogen-bond acceptors (Lipinski definition) is 6. The van der Waals surface area contributed by atoms with Crippen LogP contribution in [0.2, 0.25) is 0 Å². The van der Waals surface area contributed by atoms with Crippen LogP contribution < -0.4 is 10.2 Å². The van der Waals surface area contributed by atoms with Gasteiger partial charge >= 0.3 is 0 Å². The molecule has 0 fully saturated rings. The van der Waals surface area contributed by atoms with Gasteiger partial charge in [0.2, 0.25) is 5.91 Å². The number of carbonyl (C=O) groups excluding carboxylic acids is 1. The molecule has 0 spiro atoms. The number of aliphatic hydroxyl groups is 1. The smallest absolute Gasteiger partial charge is 0.268 e. The van der Waals surface area contributed by atoms with Gasteiger partial charge in [-0.1, -0.05) is 250 Å². The molecule has 0 saturated carbocycles. The number of rotatable bonds is 50. The number of aliphatic hydroxyl groups excluding tert-OH is 1. The van der Waals surface area contributed by atoms with Gasteiger partial charge in [0.25, 0.3) is 7.82 Å². The summed E-state index contributed by atoms with van der Waals surface area (Å²) in [7, 11) is 1.25. The molecule has 0 saturated heterocycles. The number of allylic oxidation sites excluding steroid dienone is 3. The summed E-state index contributed by atoms with van der Waals surface area (Å²) >= 11 is 0. The number of phosphoric ester groups is 1. The van der Waals surface area contributed by atoms with Gasteiger partial charge in [-0.05, 0) is 32.1 Å². The van der Waals surface area contributed by atoms with Crippen LogP contribution in [0.4, 0.5) is 0 Å². The lowest BCUT2D eigenvalue weighted by Gasteiger charge is -2.29. The van der Waals surface area contributed by atoms with Crippen LogP contribution in [0, 0.1) is 0 Å². The van der Waals surface area contributed by atoms with Gasteiger partial charge < -0.3 is 28.8 Å². The van der Waals surface area contributed by atoms with Crippen LogP contribution in [0.25, 0.3) is 0 Å². The lowest BCUT2D eigenvalue weighted by Crippen LogP contribution is -2.45. The molecule has 0 aromatic rings. The van der Waals surface area contributed by atoms with E-state index in [9.17, 15) is 19.4 Å². The fourth-order valence-corrected chi connectivity index (χ4v) is 8.84. The summed E-state index contributed by atoms with van der Waals surface area (Å²) in [5.41, 5.74) is 0. The van der Waals surface area contributed by atoms with Gasteiger partial charge in [0.15, 0.2) is 0 Å². The molecule has 9 heteroatoms. The first-order chi connectivity index (χ1) is 30.5. The van der Waals surface area contributed by atoms with E-state index < -0.39 is 20.0 Å². The zero-order valence-electron chi connectivity index (χ0n) is 42.5. The summed E-state index contributed by atoms with van der Waals surface area (Å²) in [6.07, 6.45) is 56.8. The Morgan fingerprint density at radius 1 is 0.540 bits per heavy atom. The Morgan fingerprint density at radius 3 is 1.29 bits per heavy atom. The molecule has 3 unspecified atom stereocenters. The van der Waals surface area contributed by atoms with Gasteiger partial charge in [-0.3, -0.25) is 9.36 Å². The van der Waals surface area contributed by atoms with Crippen molar-refractivity contribution in [2.75, 3.05) is 40.9 Å². The van der Waals surface area contributed by atoms with Gasteiger partial charge in [-0.2, -0.15) is 0 Å². The molecule has 0 heterocycles. The first-order valence-corrected chi connectivity index (χ1v) is 28.7. The third-order valence-electron chi connectivity index (χ3n) is 12.4. The molecule has 0 aliphatic carbocycles. The lowest BCUT2D eigenvalue weighted by molar-refractivity contribution is -0.870. The Morgan fingerprint density at radius 2 is 0.889 bits per heavy atom. The van der Waals surface area contributed by atoms with Crippen LogP contribution in [-0.4, -0.2) is 68.5 Å². The van der Waals surface area contributed by atoms with E-state index >= 15 is 0 Å². The predicted molar refractivity (Wildman–Crippen MR) is 270 cm³/mol. The van der Waals surface area contributed by atoms with E-state index in [0.717, 1.165) is 38.5 Å². The number of hydrogen-bond donors (Lipinski definition) is 2. The second kappa shape index (κ2) is 46.1. The van der Waals surface area contributed by atoms with Crippen molar-refractivity contribution in [2.45, 2.75) is 276 Å². The highest BCUT2D eigenvalue weighted by Crippen LogP contribution is 2.38. The van der Waals surface area contributed by atoms with E-state index in [1.807, 2.05) is 27.2 Å². The van der Waals surface area contributed by atoms with Crippen LogP contribution in [0.3, 0.4) is 0 Å². The molecule has 63 heavy (non-hydrogen) atoms. The molecule has 374 valence electrons. The number of likely N-dealkylation sites (N-methyl/N-ethyl adjacent to an activating group) is 1. The second-order valence-electron chi connectivity index (χ2n) is 19.9. The summed E-state index contributed by atoms with van der Waals surface area (Å²) in [6, 6.07) is -0.899. The maximum Gasteiger partial charge on any atom is 0.268 e. The quantitative estimate of drug-likeness (QED) is 0.0272. The highest BCUT2D eigenvalue weighted by Gasteiger charge is 2.23. The van der Waals surface area contributed by atoms with Crippen LogP contribution in [0.15, 0.2) is 24.3 Å². The highest BCUT2D eigenvalue weighted by atomic mass is 31.2. The summed E-state index contributed by atoms with van der Waals surface area (Å²) < 4.78 is 23.3. The van der Waals surface area contributed by atoms with E-state index in [-0.39, 0.29) is 19.1 Å². The Hall–Kier alpha value is -1.02. The van der Waals surface area contributed by atoms with Crippen LogP contribution in [0.5, 0.6) is 0 Å². The van der Waals surface area contributed by atoms with Gasteiger partial charge in [0.05, 0.1) is 39.9 Å². The molecule has 0 aromatic heterocycles. The van der Waals surface area contributed by atoms with E-state index in [2.05, 4.69) is 31.3 Å². The van der Waals surface area contributed by atoms with Crippen molar-refractivity contribution in [2.24, 2.45) is 0 Å². The topological polar surface area (TPSA) is 108 Å². The Balaban J connectivity index is 4.17. The standard InChI is InChI=1S/C54H107N2O6P/c1-6-8-10-12-14-16-18-20-22-23-24-25-26-27-28-29-30-31-32-34-36-38-40-42-44-46-48-54(58)55-52(51-62-63(59,60)61-50-49-56(3,4)5)53(57)47-45-43-41-39-37-35-33-21-19-17-15-13-11-9-7-2/h37,39,45,47,52-53,57H,6-36,38,40-44,46,48-51H2,1-5H3,(H-,55,58,59,60)/b39-37+,47-45+. The van der Waals surface area contributed by atoms with Gasteiger partial charge in [-0.15, -0.1) is 0 Å². The van der Waals surface area contributed by atoms with Gasteiger partial charge in [-0.25, -0.2) is 0 Å². The van der Waals surface area contributed by atoms with E-state index in [1.165, 1.54) is 205 Å². The monoisotopic (exact) mass is 911 g/mol. The molecule has 2 N–H and O–H groups in total. The van der Waals surface area contributed by atoms with Crippen molar-refractivity contribution in [3.05, 3.63) is 24.3 Å². The maximum atomic E-state index is 12.9. The van der Waals surface area contributed by atoms with Crippen LogP contribution in [-0.2, 0) is 18.4 Å². The number of nitrogens with zero attached hydrogens (tertiary/aromatic N) is 1. The molecule has 0 aliphatic heterocycles. The first kappa shape index (κ1) is 62.0. The first-order valence-electron chi connectivity index (χ1n) is 27.2. The SMILES string of the molecule is CCCCCCCCCCC/C=C/CC/C=C/C(O)C(COP(=O)([O-])OCC[N+](C)(C)C)NC(=O)CCCCCCCCCCCCCCCCCCCCCCCCCCCC. The number of amides is 1. The minimum atomic E-state index is -4.60. The summed E-state index contributed by atoms with van der Waals surface area (Å²) in [5, 5.41) is 13.8. The molecular formula is C54H107N2O6P. The third kappa shape index (κ3) is 48.7. The zero-order chi connectivity index (χ0) is 46.4. The largest absolute Gasteiger partial charge is 0.756 e. The lowest BCUT2D eigenvalue weighted by atomic mass is 10.0. The molecule has 0 aliphatic rings. The van der Waals surface area contributed by atoms with Crippen molar-refractivity contribution < 1.29 is 32.9 Å². The number of unbranched alkanes of at least 4 members (excludes halogenated alkanes) is 35.